The molecular formula is C10H14N2. The second kappa shape index (κ2) is 3.90. The van der Waals surface area contributed by atoms with Gasteiger partial charge in [-0.25, -0.2) is 0 Å². The molecule has 0 saturated carbocycles. The topological polar surface area (TPSA) is 17.8 Å². The molecular weight excluding hydrogens is 148 g/mol. The monoisotopic (exact) mass is 162 g/mol. The summed E-state index contributed by atoms with van der Waals surface area (Å²) in [6, 6.07) is 0. The van der Waals surface area contributed by atoms with E-state index in [0.29, 0.717) is 0 Å². The van der Waals surface area contributed by atoms with Gasteiger partial charge in [0, 0.05) is 11.8 Å². The highest BCUT2D eigenvalue weighted by atomic mass is 15.3. The molecule has 0 saturated heterocycles. The van der Waals surface area contributed by atoms with Gasteiger partial charge in [0.15, 0.2) is 0 Å². The molecule has 0 aliphatic rings. The molecule has 0 unspecified atom stereocenters. The molecule has 1 rings (SSSR count). The van der Waals surface area contributed by atoms with E-state index in [2.05, 4.69) is 31.6 Å². The van der Waals surface area contributed by atoms with Gasteiger partial charge in [0.1, 0.15) is 0 Å². The van der Waals surface area contributed by atoms with E-state index >= 15 is 0 Å². The van der Waals surface area contributed by atoms with E-state index < -0.39 is 0 Å². The third-order valence-corrected chi connectivity index (χ3v) is 1.58. The maximum Gasteiger partial charge on any atom is 0.0592 e. The second-order valence-electron chi connectivity index (χ2n) is 2.98. The molecule has 0 spiro atoms. The van der Waals surface area contributed by atoms with Gasteiger partial charge in [-0.3, -0.25) is 4.68 Å². The van der Waals surface area contributed by atoms with Crippen LogP contribution in [0.15, 0.2) is 30.6 Å². The van der Waals surface area contributed by atoms with Gasteiger partial charge in [-0.15, -0.1) is 0 Å². The average molecular weight is 162 g/mol. The first-order valence-corrected chi connectivity index (χ1v) is 4.00. The summed E-state index contributed by atoms with van der Waals surface area (Å²) >= 11 is 0. The Bertz CT molecular complexity index is 291. The molecule has 0 aliphatic heterocycles. The first kappa shape index (κ1) is 8.78. The van der Waals surface area contributed by atoms with Crippen molar-refractivity contribution in [1.82, 2.24) is 9.78 Å². The van der Waals surface area contributed by atoms with Crippen LogP contribution in [0.3, 0.4) is 0 Å². The first-order chi connectivity index (χ1) is 5.72. The molecule has 2 heteroatoms. The van der Waals surface area contributed by atoms with Crippen LogP contribution in [0.5, 0.6) is 0 Å². The molecule has 0 fully saturated rings. The zero-order valence-corrected chi connectivity index (χ0v) is 7.62. The maximum absolute atomic E-state index is 4.16. The standard InChI is InChI=1S/C10H14N2/c1-4-10-7-11-12(8-10)6-5-9(2)3/h4-5,7-8H,1,6H2,2-3H3. The van der Waals surface area contributed by atoms with Crippen molar-refractivity contribution < 1.29 is 0 Å². The van der Waals surface area contributed by atoms with Crippen molar-refractivity contribution in [3.05, 3.63) is 36.2 Å². The Morgan fingerprint density at radius 3 is 2.92 bits per heavy atom. The van der Waals surface area contributed by atoms with Crippen LogP contribution in [-0.2, 0) is 6.54 Å². The quantitative estimate of drug-likeness (QED) is 0.624. The molecule has 0 aromatic carbocycles. The molecule has 1 heterocycles. The van der Waals surface area contributed by atoms with E-state index in [0.717, 1.165) is 12.1 Å². The van der Waals surface area contributed by atoms with Gasteiger partial charge in [-0.05, 0) is 13.8 Å². The number of allylic oxidation sites excluding steroid dienone is 2. The summed E-state index contributed by atoms with van der Waals surface area (Å²) in [5.74, 6) is 0. The number of hydrogen-bond donors (Lipinski definition) is 0. The summed E-state index contributed by atoms with van der Waals surface area (Å²) in [5, 5.41) is 4.16. The highest BCUT2D eigenvalue weighted by Crippen LogP contribution is 1.99. The summed E-state index contributed by atoms with van der Waals surface area (Å²) in [4.78, 5) is 0. The molecule has 1 aromatic rings. The van der Waals surface area contributed by atoms with Crippen molar-refractivity contribution in [3.8, 4) is 0 Å². The number of nitrogens with zero attached hydrogens (tertiary/aromatic N) is 2. The molecule has 0 N–H and O–H groups in total. The summed E-state index contributed by atoms with van der Waals surface area (Å²) < 4.78 is 1.89. The van der Waals surface area contributed by atoms with E-state index in [9.17, 15) is 0 Å². The Morgan fingerprint density at radius 1 is 1.67 bits per heavy atom. The summed E-state index contributed by atoms with van der Waals surface area (Å²) in [6.45, 7) is 8.68. The van der Waals surface area contributed by atoms with Crippen LogP contribution in [-0.4, -0.2) is 9.78 Å². The predicted octanol–water partition coefficient (Wildman–Crippen LogP) is 2.49. The molecule has 12 heavy (non-hydrogen) atoms. The lowest BCUT2D eigenvalue weighted by Gasteiger charge is -1.94. The van der Waals surface area contributed by atoms with Crippen molar-refractivity contribution in [2.45, 2.75) is 20.4 Å². The van der Waals surface area contributed by atoms with Crippen LogP contribution in [0.2, 0.25) is 0 Å². The highest BCUT2D eigenvalue weighted by molar-refractivity contribution is 5.43. The van der Waals surface area contributed by atoms with Crippen molar-refractivity contribution in [2.75, 3.05) is 0 Å². The fourth-order valence-corrected chi connectivity index (χ4v) is 0.861. The van der Waals surface area contributed by atoms with E-state index in [1.165, 1.54) is 5.57 Å². The van der Waals surface area contributed by atoms with Gasteiger partial charge >= 0.3 is 0 Å². The van der Waals surface area contributed by atoms with Crippen LogP contribution in [0.4, 0.5) is 0 Å². The maximum atomic E-state index is 4.16. The molecule has 1 aromatic heterocycles. The van der Waals surface area contributed by atoms with Crippen molar-refractivity contribution in [1.29, 1.82) is 0 Å². The fourth-order valence-electron chi connectivity index (χ4n) is 0.861. The Balaban J connectivity index is 2.64. The van der Waals surface area contributed by atoms with Gasteiger partial charge in [0.05, 0.1) is 12.7 Å². The lowest BCUT2D eigenvalue weighted by molar-refractivity contribution is 0.698. The first-order valence-electron chi connectivity index (χ1n) is 4.00. The van der Waals surface area contributed by atoms with Crippen LogP contribution in [0.1, 0.15) is 19.4 Å². The van der Waals surface area contributed by atoms with Gasteiger partial charge in [0.2, 0.25) is 0 Å². The lowest BCUT2D eigenvalue weighted by atomic mass is 10.3. The van der Waals surface area contributed by atoms with Gasteiger partial charge in [-0.1, -0.05) is 24.3 Å². The third-order valence-electron chi connectivity index (χ3n) is 1.58. The lowest BCUT2D eigenvalue weighted by Crippen LogP contribution is -1.94. The zero-order chi connectivity index (χ0) is 8.97. The zero-order valence-electron chi connectivity index (χ0n) is 7.62. The molecule has 0 amide bonds. The van der Waals surface area contributed by atoms with E-state index in [4.69, 9.17) is 0 Å². The van der Waals surface area contributed by atoms with Gasteiger partial charge in [-0.2, -0.15) is 5.10 Å². The normalized spacial score (nSPS) is 9.50. The number of hydrogen-bond acceptors (Lipinski definition) is 1. The Morgan fingerprint density at radius 2 is 2.42 bits per heavy atom. The Labute approximate surface area is 73.2 Å². The van der Waals surface area contributed by atoms with Crippen LogP contribution in [0, 0.1) is 0 Å². The molecule has 0 aliphatic carbocycles. The molecule has 0 bridgehead atoms. The summed E-state index contributed by atoms with van der Waals surface area (Å²) in [6.07, 6.45) is 7.73. The summed E-state index contributed by atoms with van der Waals surface area (Å²) in [7, 11) is 0. The minimum atomic E-state index is 0.843. The smallest absolute Gasteiger partial charge is 0.0592 e. The van der Waals surface area contributed by atoms with Gasteiger partial charge < -0.3 is 0 Å². The van der Waals surface area contributed by atoms with Crippen LogP contribution < -0.4 is 0 Å². The third kappa shape index (κ3) is 2.38. The SMILES string of the molecule is C=Cc1cnn(CC=C(C)C)c1. The fraction of sp³-hybridized carbons (Fsp3) is 0.300. The van der Waals surface area contributed by atoms with E-state index in [1.807, 2.05) is 17.1 Å². The van der Waals surface area contributed by atoms with Gasteiger partial charge in [0.25, 0.3) is 0 Å². The molecule has 0 radical (unpaired) electrons. The van der Waals surface area contributed by atoms with Crippen molar-refractivity contribution in [3.63, 3.8) is 0 Å². The van der Waals surface area contributed by atoms with E-state index in [1.54, 1.807) is 6.08 Å². The van der Waals surface area contributed by atoms with E-state index in [-0.39, 0.29) is 0 Å². The van der Waals surface area contributed by atoms with Crippen LogP contribution in [0.25, 0.3) is 6.08 Å². The summed E-state index contributed by atoms with van der Waals surface area (Å²) in [5.41, 5.74) is 2.38. The largest absolute Gasteiger partial charge is 0.268 e. The van der Waals surface area contributed by atoms with Crippen LogP contribution >= 0.6 is 0 Å². The predicted molar refractivity (Wildman–Crippen MR) is 51.7 cm³/mol. The van der Waals surface area contributed by atoms with Crippen molar-refractivity contribution >= 4 is 6.08 Å². The minimum absolute atomic E-state index is 0.843. The Hall–Kier alpha value is -1.31. The molecule has 0 atom stereocenters. The Kier molecular flexibility index (Phi) is 2.86. The number of aromatic nitrogens is 2. The highest BCUT2D eigenvalue weighted by Gasteiger charge is 1.91. The number of rotatable bonds is 3. The molecule has 64 valence electrons. The second-order valence-corrected chi connectivity index (χ2v) is 2.98. The van der Waals surface area contributed by atoms with Crippen molar-refractivity contribution in [2.24, 2.45) is 0 Å². The molecule has 2 nitrogen and oxygen atoms in total. The minimum Gasteiger partial charge on any atom is -0.268 e. The average Bonchev–Trinajstić information content (AvgIpc) is 2.48.